The van der Waals surface area contributed by atoms with E-state index in [1.165, 1.54) is 13.2 Å². The third-order valence-corrected chi connectivity index (χ3v) is 1.81. The number of aromatic amines is 1. The molecule has 2 aromatic heterocycles. The van der Waals surface area contributed by atoms with E-state index in [9.17, 15) is 4.79 Å². The van der Waals surface area contributed by atoms with Gasteiger partial charge in [-0.15, -0.1) is 10.2 Å². The first kappa shape index (κ1) is 10.1. The van der Waals surface area contributed by atoms with Crippen molar-refractivity contribution in [1.29, 1.82) is 0 Å². The molecule has 16 heavy (non-hydrogen) atoms. The number of carbonyl (C=O) groups excluding carboxylic acids is 1. The van der Waals surface area contributed by atoms with E-state index in [0.717, 1.165) is 0 Å². The van der Waals surface area contributed by atoms with E-state index in [1.807, 2.05) is 0 Å². The second-order valence-corrected chi connectivity index (χ2v) is 2.91. The summed E-state index contributed by atoms with van der Waals surface area (Å²) in [4.78, 5) is 19.3. The fraction of sp³-hybridized carbons (Fsp3) is 0.250. The van der Waals surface area contributed by atoms with Gasteiger partial charge in [0.25, 0.3) is 0 Å². The molecule has 2 heterocycles. The maximum Gasteiger partial charge on any atom is 0.356 e. The molecule has 0 aliphatic carbocycles. The van der Waals surface area contributed by atoms with Crippen molar-refractivity contribution in [2.45, 2.75) is 6.92 Å². The average molecular weight is 220 g/mol. The molecule has 1 N–H and O–H groups in total. The van der Waals surface area contributed by atoms with Crippen molar-refractivity contribution in [1.82, 2.24) is 30.6 Å². The third-order valence-electron chi connectivity index (χ3n) is 1.81. The summed E-state index contributed by atoms with van der Waals surface area (Å²) in [5, 5.41) is 13.2. The number of methoxy groups -OCH3 is 1. The van der Waals surface area contributed by atoms with Gasteiger partial charge in [0.2, 0.25) is 5.82 Å². The summed E-state index contributed by atoms with van der Waals surface area (Å²) >= 11 is 0. The standard InChI is InChI=1S/C8H8N6O2/c1-4-9-5(7-11-13-14-12-7)3-6(10-4)8(15)16-2/h3H,1-2H3,(H,11,12,13,14). The summed E-state index contributed by atoms with van der Waals surface area (Å²) < 4.78 is 4.57. The Balaban J connectivity index is 2.48. The van der Waals surface area contributed by atoms with E-state index < -0.39 is 5.97 Å². The molecule has 8 nitrogen and oxygen atoms in total. The zero-order valence-corrected chi connectivity index (χ0v) is 8.63. The molecule has 0 unspecified atom stereocenters. The fourth-order valence-electron chi connectivity index (χ4n) is 1.16. The van der Waals surface area contributed by atoms with Gasteiger partial charge in [-0.2, -0.15) is 5.21 Å². The molecule has 2 rings (SSSR count). The Labute approximate surface area is 90.1 Å². The van der Waals surface area contributed by atoms with Crippen LogP contribution in [0.15, 0.2) is 6.07 Å². The van der Waals surface area contributed by atoms with E-state index in [-0.39, 0.29) is 5.69 Å². The van der Waals surface area contributed by atoms with Crippen molar-refractivity contribution in [3.05, 3.63) is 17.6 Å². The number of aryl methyl sites for hydroxylation is 1. The number of ether oxygens (including phenoxy) is 1. The maximum absolute atomic E-state index is 11.3. The SMILES string of the molecule is COC(=O)c1cc(-c2nn[nH]n2)nc(C)n1. The molecule has 0 spiro atoms. The van der Waals surface area contributed by atoms with Gasteiger partial charge in [0.15, 0.2) is 5.69 Å². The van der Waals surface area contributed by atoms with E-state index in [1.54, 1.807) is 6.92 Å². The summed E-state index contributed by atoms with van der Waals surface area (Å²) in [6.45, 7) is 1.66. The number of aromatic nitrogens is 6. The lowest BCUT2D eigenvalue weighted by molar-refractivity contribution is 0.0593. The minimum absolute atomic E-state index is 0.162. The van der Waals surface area contributed by atoms with Crippen LogP contribution in [-0.2, 0) is 4.74 Å². The molecule has 0 saturated carbocycles. The molecule has 2 aromatic rings. The smallest absolute Gasteiger partial charge is 0.356 e. The van der Waals surface area contributed by atoms with Gasteiger partial charge in [-0.3, -0.25) is 0 Å². The van der Waals surface area contributed by atoms with Crippen LogP contribution in [0, 0.1) is 6.92 Å². The number of nitrogens with zero attached hydrogens (tertiary/aromatic N) is 5. The van der Waals surface area contributed by atoms with Crippen molar-refractivity contribution < 1.29 is 9.53 Å². The highest BCUT2D eigenvalue weighted by molar-refractivity contribution is 5.88. The number of hydrogen-bond acceptors (Lipinski definition) is 7. The molecule has 0 aliphatic heterocycles. The predicted molar refractivity (Wildman–Crippen MR) is 51.3 cm³/mol. The number of hydrogen-bond donors (Lipinski definition) is 1. The highest BCUT2D eigenvalue weighted by Gasteiger charge is 2.13. The second kappa shape index (κ2) is 4.01. The average Bonchev–Trinajstić information content (AvgIpc) is 2.80. The lowest BCUT2D eigenvalue weighted by Crippen LogP contribution is -2.07. The summed E-state index contributed by atoms with van der Waals surface area (Å²) in [5.41, 5.74) is 0.580. The van der Waals surface area contributed by atoms with Crippen molar-refractivity contribution in [2.24, 2.45) is 0 Å². The molecule has 82 valence electrons. The molecule has 0 saturated heterocycles. The molecular weight excluding hydrogens is 212 g/mol. The van der Waals surface area contributed by atoms with Gasteiger partial charge in [0.1, 0.15) is 11.5 Å². The Morgan fingerprint density at radius 3 is 2.88 bits per heavy atom. The number of carbonyl (C=O) groups is 1. The number of H-pyrrole nitrogens is 1. The van der Waals surface area contributed by atoms with Gasteiger partial charge in [-0.05, 0) is 12.1 Å². The monoisotopic (exact) mass is 220 g/mol. The van der Waals surface area contributed by atoms with Crippen LogP contribution in [0.4, 0.5) is 0 Å². The van der Waals surface area contributed by atoms with Crippen molar-refractivity contribution in [2.75, 3.05) is 7.11 Å². The van der Waals surface area contributed by atoms with Crippen molar-refractivity contribution >= 4 is 5.97 Å². The van der Waals surface area contributed by atoms with Gasteiger partial charge in [0, 0.05) is 6.07 Å². The first-order chi connectivity index (χ1) is 7.70. The van der Waals surface area contributed by atoms with Gasteiger partial charge in [-0.1, -0.05) is 0 Å². The van der Waals surface area contributed by atoms with Gasteiger partial charge in [-0.25, -0.2) is 14.8 Å². The first-order valence-electron chi connectivity index (χ1n) is 4.38. The third kappa shape index (κ3) is 1.85. The van der Waals surface area contributed by atoms with E-state index in [2.05, 4.69) is 35.3 Å². The number of nitrogens with one attached hydrogen (secondary N) is 1. The Hall–Kier alpha value is -2.38. The number of tetrazole rings is 1. The van der Waals surface area contributed by atoms with Crippen LogP contribution in [0.25, 0.3) is 11.5 Å². The largest absolute Gasteiger partial charge is 0.464 e. The van der Waals surface area contributed by atoms with Crippen LogP contribution in [0.1, 0.15) is 16.3 Å². The molecule has 0 atom stereocenters. The minimum Gasteiger partial charge on any atom is -0.464 e. The molecule has 0 aliphatic rings. The Morgan fingerprint density at radius 2 is 2.25 bits per heavy atom. The zero-order valence-electron chi connectivity index (χ0n) is 8.63. The highest BCUT2D eigenvalue weighted by atomic mass is 16.5. The molecule has 0 fully saturated rings. The lowest BCUT2D eigenvalue weighted by Gasteiger charge is -2.01. The Bertz CT molecular complexity index is 509. The lowest BCUT2D eigenvalue weighted by atomic mass is 10.3. The van der Waals surface area contributed by atoms with Crippen molar-refractivity contribution in [3.63, 3.8) is 0 Å². The zero-order chi connectivity index (χ0) is 11.5. The fourth-order valence-corrected chi connectivity index (χ4v) is 1.16. The molecule has 0 amide bonds. The van der Waals surface area contributed by atoms with Crippen LogP contribution in [0.5, 0.6) is 0 Å². The van der Waals surface area contributed by atoms with Crippen LogP contribution in [0.2, 0.25) is 0 Å². The summed E-state index contributed by atoms with van der Waals surface area (Å²) in [7, 11) is 1.29. The summed E-state index contributed by atoms with van der Waals surface area (Å²) in [6, 6.07) is 1.45. The molecule has 0 radical (unpaired) electrons. The summed E-state index contributed by atoms with van der Waals surface area (Å²) in [5.74, 6) is 0.202. The van der Waals surface area contributed by atoms with Gasteiger partial charge in [0.05, 0.1) is 7.11 Å². The quantitative estimate of drug-likeness (QED) is 0.695. The predicted octanol–water partition coefficient (Wildman–Crippen LogP) is -0.248. The van der Waals surface area contributed by atoms with Crippen LogP contribution in [-0.4, -0.2) is 43.7 Å². The topological polar surface area (TPSA) is 107 Å². The van der Waals surface area contributed by atoms with Gasteiger partial charge < -0.3 is 4.74 Å². The minimum atomic E-state index is -0.532. The number of esters is 1. The van der Waals surface area contributed by atoms with E-state index >= 15 is 0 Å². The second-order valence-electron chi connectivity index (χ2n) is 2.91. The van der Waals surface area contributed by atoms with Gasteiger partial charge >= 0.3 is 5.97 Å². The molecule has 0 bridgehead atoms. The highest BCUT2D eigenvalue weighted by Crippen LogP contribution is 2.11. The molecule has 0 aromatic carbocycles. The van der Waals surface area contributed by atoms with Crippen LogP contribution in [0.3, 0.4) is 0 Å². The van der Waals surface area contributed by atoms with E-state index in [0.29, 0.717) is 17.3 Å². The Morgan fingerprint density at radius 1 is 1.44 bits per heavy atom. The van der Waals surface area contributed by atoms with Crippen molar-refractivity contribution in [3.8, 4) is 11.5 Å². The summed E-state index contributed by atoms with van der Waals surface area (Å²) in [6.07, 6.45) is 0. The molecule has 8 heteroatoms. The molecular formula is C8H8N6O2. The van der Waals surface area contributed by atoms with E-state index in [4.69, 9.17) is 0 Å². The first-order valence-corrected chi connectivity index (χ1v) is 4.38. The maximum atomic E-state index is 11.3. The Kier molecular flexibility index (Phi) is 2.54. The van der Waals surface area contributed by atoms with Crippen LogP contribution >= 0.6 is 0 Å². The number of rotatable bonds is 2. The normalized spacial score (nSPS) is 10.1. The van der Waals surface area contributed by atoms with Crippen LogP contribution < -0.4 is 0 Å².